The summed E-state index contributed by atoms with van der Waals surface area (Å²) in [6, 6.07) is 1.61. The van der Waals surface area contributed by atoms with Gasteiger partial charge in [-0.2, -0.15) is 0 Å². The van der Waals surface area contributed by atoms with Gasteiger partial charge >= 0.3 is 0 Å². The zero-order valence-electron chi connectivity index (χ0n) is 8.79. The molecule has 4 nitrogen and oxygen atoms in total. The average molecular weight is 229 g/mol. The minimum atomic E-state index is 0.312. The standard InChI is InChI=1S/C10H13ClN2O2/c1-4-15-7(2)8-5-9(11)13-10(12-8)6-14-3/h5H,2,4,6H2,1,3H3. The lowest BCUT2D eigenvalue weighted by atomic mass is 10.3. The lowest BCUT2D eigenvalue weighted by molar-refractivity contribution is 0.177. The fourth-order valence-electron chi connectivity index (χ4n) is 1.05. The molecule has 5 heteroatoms. The summed E-state index contributed by atoms with van der Waals surface area (Å²) in [5.41, 5.74) is 0.587. The molecular formula is C10H13ClN2O2. The SMILES string of the molecule is C=C(OCC)c1cc(Cl)nc(COC)n1. The van der Waals surface area contributed by atoms with Crippen LogP contribution in [0.1, 0.15) is 18.4 Å². The van der Waals surface area contributed by atoms with Gasteiger partial charge in [-0.05, 0) is 6.92 Å². The molecule has 0 saturated carbocycles. The van der Waals surface area contributed by atoms with Gasteiger partial charge in [0, 0.05) is 13.2 Å². The summed E-state index contributed by atoms with van der Waals surface area (Å²) in [6.45, 7) is 6.48. The van der Waals surface area contributed by atoms with Gasteiger partial charge in [-0.1, -0.05) is 18.2 Å². The van der Waals surface area contributed by atoms with E-state index in [1.807, 2.05) is 6.92 Å². The molecule has 0 aliphatic carbocycles. The van der Waals surface area contributed by atoms with Gasteiger partial charge in [0.15, 0.2) is 5.82 Å². The summed E-state index contributed by atoms with van der Waals surface area (Å²) >= 11 is 5.83. The lowest BCUT2D eigenvalue weighted by Crippen LogP contribution is -2.02. The van der Waals surface area contributed by atoms with E-state index >= 15 is 0 Å². The van der Waals surface area contributed by atoms with Crippen LogP contribution in [0.25, 0.3) is 5.76 Å². The molecule has 1 rings (SSSR count). The van der Waals surface area contributed by atoms with Crippen LogP contribution < -0.4 is 0 Å². The van der Waals surface area contributed by atoms with Crippen LogP contribution in [-0.2, 0) is 16.1 Å². The molecule has 0 aromatic carbocycles. The molecule has 0 saturated heterocycles. The monoisotopic (exact) mass is 228 g/mol. The first kappa shape index (κ1) is 11.9. The molecule has 0 aliphatic heterocycles. The highest BCUT2D eigenvalue weighted by Gasteiger charge is 2.06. The van der Waals surface area contributed by atoms with Crippen molar-refractivity contribution in [3.05, 3.63) is 29.3 Å². The Balaban J connectivity index is 2.92. The van der Waals surface area contributed by atoms with E-state index in [0.717, 1.165) is 0 Å². The van der Waals surface area contributed by atoms with Crippen molar-refractivity contribution < 1.29 is 9.47 Å². The molecule has 0 N–H and O–H groups in total. The Kier molecular flexibility index (Phi) is 4.52. The van der Waals surface area contributed by atoms with Crippen LogP contribution in [0, 0.1) is 0 Å². The number of halogens is 1. The molecule has 15 heavy (non-hydrogen) atoms. The highest BCUT2D eigenvalue weighted by Crippen LogP contribution is 2.15. The fraction of sp³-hybridized carbons (Fsp3) is 0.400. The third-order valence-corrected chi connectivity index (χ3v) is 1.81. The summed E-state index contributed by atoms with van der Waals surface area (Å²) in [4.78, 5) is 8.20. The smallest absolute Gasteiger partial charge is 0.156 e. The molecule has 0 bridgehead atoms. The third kappa shape index (κ3) is 3.49. The van der Waals surface area contributed by atoms with Gasteiger partial charge in [0.2, 0.25) is 0 Å². The number of hydrogen-bond donors (Lipinski definition) is 0. The highest BCUT2D eigenvalue weighted by atomic mass is 35.5. The van der Waals surface area contributed by atoms with E-state index in [0.29, 0.717) is 35.6 Å². The van der Waals surface area contributed by atoms with Crippen molar-refractivity contribution in [3.63, 3.8) is 0 Å². The number of nitrogens with zero attached hydrogens (tertiary/aromatic N) is 2. The Labute approximate surface area is 93.9 Å². The van der Waals surface area contributed by atoms with Crippen LogP contribution in [-0.4, -0.2) is 23.7 Å². The summed E-state index contributed by atoms with van der Waals surface area (Å²) in [5, 5.41) is 0.355. The van der Waals surface area contributed by atoms with Crippen molar-refractivity contribution in [2.45, 2.75) is 13.5 Å². The summed E-state index contributed by atoms with van der Waals surface area (Å²) in [6.07, 6.45) is 0. The van der Waals surface area contributed by atoms with Gasteiger partial charge in [-0.25, -0.2) is 9.97 Å². The van der Waals surface area contributed by atoms with Gasteiger partial charge in [0.05, 0.1) is 6.61 Å². The molecule has 1 aromatic heterocycles. The third-order valence-electron chi connectivity index (χ3n) is 1.62. The van der Waals surface area contributed by atoms with Crippen LogP contribution in [0.2, 0.25) is 5.15 Å². The quantitative estimate of drug-likeness (QED) is 0.573. The van der Waals surface area contributed by atoms with Crippen molar-refractivity contribution >= 4 is 17.4 Å². The van der Waals surface area contributed by atoms with E-state index < -0.39 is 0 Å². The average Bonchev–Trinajstić information content (AvgIpc) is 2.17. The molecule has 0 atom stereocenters. The van der Waals surface area contributed by atoms with Crippen LogP contribution in [0.3, 0.4) is 0 Å². The van der Waals surface area contributed by atoms with Crippen LogP contribution in [0.5, 0.6) is 0 Å². The summed E-state index contributed by atoms with van der Waals surface area (Å²) in [5.74, 6) is 1.00. The fourth-order valence-corrected chi connectivity index (χ4v) is 1.25. The second-order valence-electron chi connectivity index (χ2n) is 2.78. The maximum Gasteiger partial charge on any atom is 0.156 e. The number of aromatic nitrogens is 2. The van der Waals surface area contributed by atoms with Crippen LogP contribution in [0.15, 0.2) is 12.6 Å². The first-order valence-electron chi connectivity index (χ1n) is 4.51. The molecule has 0 aliphatic rings. The minimum Gasteiger partial charge on any atom is -0.492 e. The highest BCUT2D eigenvalue weighted by molar-refractivity contribution is 6.29. The molecule has 0 unspecified atom stereocenters. The number of methoxy groups -OCH3 is 1. The molecule has 82 valence electrons. The van der Waals surface area contributed by atoms with Gasteiger partial charge in [-0.15, -0.1) is 0 Å². The van der Waals surface area contributed by atoms with Crippen LogP contribution >= 0.6 is 11.6 Å². The maximum absolute atomic E-state index is 5.83. The molecule has 0 amide bonds. The zero-order chi connectivity index (χ0) is 11.3. The molecule has 1 aromatic rings. The van der Waals surface area contributed by atoms with Gasteiger partial charge in [0.25, 0.3) is 0 Å². The molecule has 0 spiro atoms. The molecule has 0 fully saturated rings. The normalized spacial score (nSPS) is 10.1. The largest absolute Gasteiger partial charge is 0.492 e. The second-order valence-corrected chi connectivity index (χ2v) is 3.17. The van der Waals surface area contributed by atoms with E-state index in [1.165, 1.54) is 0 Å². The minimum absolute atomic E-state index is 0.312. The van der Waals surface area contributed by atoms with Crippen molar-refractivity contribution in [2.75, 3.05) is 13.7 Å². The maximum atomic E-state index is 5.83. The van der Waals surface area contributed by atoms with E-state index in [9.17, 15) is 0 Å². The molecule has 1 heterocycles. The van der Waals surface area contributed by atoms with E-state index in [4.69, 9.17) is 21.1 Å². The van der Waals surface area contributed by atoms with E-state index in [2.05, 4.69) is 16.5 Å². The second kappa shape index (κ2) is 5.68. The van der Waals surface area contributed by atoms with Gasteiger partial charge < -0.3 is 9.47 Å². The first-order chi connectivity index (χ1) is 7.17. The Morgan fingerprint density at radius 3 is 2.87 bits per heavy atom. The Morgan fingerprint density at radius 2 is 2.27 bits per heavy atom. The van der Waals surface area contributed by atoms with Crippen molar-refractivity contribution in [2.24, 2.45) is 0 Å². The first-order valence-corrected chi connectivity index (χ1v) is 4.89. The lowest BCUT2D eigenvalue weighted by Gasteiger charge is -2.07. The van der Waals surface area contributed by atoms with Crippen LogP contribution in [0.4, 0.5) is 0 Å². The zero-order valence-corrected chi connectivity index (χ0v) is 9.54. The predicted octanol–water partition coefficient (Wildman–Crippen LogP) is 2.28. The summed E-state index contributed by atoms with van der Waals surface area (Å²) in [7, 11) is 1.57. The predicted molar refractivity (Wildman–Crippen MR) is 58.4 cm³/mol. The molecular weight excluding hydrogens is 216 g/mol. The number of rotatable bonds is 5. The van der Waals surface area contributed by atoms with E-state index in [-0.39, 0.29) is 0 Å². The van der Waals surface area contributed by atoms with Crippen molar-refractivity contribution in [1.82, 2.24) is 9.97 Å². The van der Waals surface area contributed by atoms with Crippen molar-refractivity contribution in [3.8, 4) is 0 Å². The Hall–Kier alpha value is -1.13. The van der Waals surface area contributed by atoms with Crippen molar-refractivity contribution in [1.29, 1.82) is 0 Å². The Bertz CT molecular complexity index is 355. The van der Waals surface area contributed by atoms with Gasteiger partial charge in [0.1, 0.15) is 23.2 Å². The molecule has 0 radical (unpaired) electrons. The topological polar surface area (TPSA) is 44.2 Å². The number of ether oxygens (including phenoxy) is 2. The number of hydrogen-bond acceptors (Lipinski definition) is 4. The summed E-state index contributed by atoms with van der Waals surface area (Å²) < 4.78 is 10.2. The van der Waals surface area contributed by atoms with Gasteiger partial charge in [-0.3, -0.25) is 0 Å². The Morgan fingerprint density at radius 1 is 1.53 bits per heavy atom. The van der Waals surface area contributed by atoms with E-state index in [1.54, 1.807) is 13.2 Å².